The van der Waals surface area contributed by atoms with Crippen LogP contribution in [0.25, 0.3) is 0 Å². The highest BCUT2D eigenvalue weighted by molar-refractivity contribution is 6.30. The maximum absolute atomic E-state index is 13.5. The molecule has 1 fully saturated rings. The van der Waals surface area contributed by atoms with Crippen LogP contribution in [0.4, 0.5) is 10.1 Å². The van der Waals surface area contributed by atoms with Crippen LogP contribution in [0, 0.1) is 5.82 Å². The number of imide groups is 1. The summed E-state index contributed by atoms with van der Waals surface area (Å²) in [7, 11) is 3.08. The van der Waals surface area contributed by atoms with Crippen LogP contribution in [-0.2, 0) is 27.2 Å². The highest BCUT2D eigenvalue weighted by atomic mass is 35.5. The topological polar surface area (TPSA) is 76.2 Å². The maximum Gasteiger partial charge on any atom is 0.257 e. The van der Waals surface area contributed by atoms with Gasteiger partial charge in [0, 0.05) is 11.6 Å². The van der Waals surface area contributed by atoms with Gasteiger partial charge in [-0.05, 0) is 66.1 Å². The van der Waals surface area contributed by atoms with E-state index in [4.69, 9.17) is 21.1 Å². The molecule has 3 aromatic carbocycles. The van der Waals surface area contributed by atoms with E-state index in [-0.39, 0.29) is 31.0 Å². The number of anilines is 1. The standard InChI is InChI=1S/C28H26ClFN2O5/c1-36-24-12-5-19(15-25(24)37-2)13-14-31(26(33)16-18-3-6-20(29)7-4-18)23-17-27(34)32(28(23)35)22-10-8-21(30)9-11-22/h3-12,15,23H,13-14,16-17H2,1-2H3. The fourth-order valence-corrected chi connectivity index (χ4v) is 4.47. The summed E-state index contributed by atoms with van der Waals surface area (Å²) in [4.78, 5) is 42.2. The molecule has 3 aromatic rings. The van der Waals surface area contributed by atoms with E-state index in [1.807, 2.05) is 12.1 Å². The number of hydrogen-bond donors (Lipinski definition) is 0. The average molecular weight is 525 g/mol. The fourth-order valence-electron chi connectivity index (χ4n) is 4.34. The molecule has 192 valence electrons. The predicted octanol–water partition coefficient (Wildman–Crippen LogP) is 4.44. The Morgan fingerprint density at radius 3 is 2.27 bits per heavy atom. The Bertz CT molecular complexity index is 1300. The highest BCUT2D eigenvalue weighted by Crippen LogP contribution is 2.29. The van der Waals surface area contributed by atoms with E-state index < -0.39 is 23.7 Å². The minimum atomic E-state index is -0.975. The van der Waals surface area contributed by atoms with Crippen molar-refractivity contribution in [3.63, 3.8) is 0 Å². The number of hydrogen-bond acceptors (Lipinski definition) is 5. The molecule has 0 spiro atoms. The zero-order valence-electron chi connectivity index (χ0n) is 20.4. The number of ether oxygens (including phenoxy) is 2. The molecule has 1 heterocycles. The first-order valence-corrected chi connectivity index (χ1v) is 12.1. The second kappa shape index (κ2) is 11.4. The lowest BCUT2D eigenvalue weighted by molar-refractivity contribution is -0.137. The van der Waals surface area contributed by atoms with Crippen molar-refractivity contribution >= 4 is 35.0 Å². The van der Waals surface area contributed by atoms with Gasteiger partial charge in [0.15, 0.2) is 11.5 Å². The minimum Gasteiger partial charge on any atom is -0.493 e. The predicted molar refractivity (Wildman–Crippen MR) is 137 cm³/mol. The van der Waals surface area contributed by atoms with Gasteiger partial charge in [-0.15, -0.1) is 0 Å². The number of amides is 3. The molecule has 0 N–H and O–H groups in total. The summed E-state index contributed by atoms with van der Waals surface area (Å²) in [6.45, 7) is 0.197. The van der Waals surface area contributed by atoms with E-state index >= 15 is 0 Å². The Morgan fingerprint density at radius 2 is 1.62 bits per heavy atom. The van der Waals surface area contributed by atoms with Crippen molar-refractivity contribution < 1.29 is 28.2 Å². The lowest BCUT2D eigenvalue weighted by atomic mass is 10.1. The van der Waals surface area contributed by atoms with E-state index in [0.29, 0.717) is 22.9 Å². The van der Waals surface area contributed by atoms with Crippen LogP contribution in [0.2, 0.25) is 5.02 Å². The Morgan fingerprint density at radius 1 is 0.973 bits per heavy atom. The van der Waals surface area contributed by atoms with Crippen molar-refractivity contribution in [2.24, 2.45) is 0 Å². The van der Waals surface area contributed by atoms with Gasteiger partial charge in [-0.25, -0.2) is 9.29 Å². The maximum atomic E-state index is 13.5. The van der Waals surface area contributed by atoms with Crippen molar-refractivity contribution in [2.45, 2.75) is 25.3 Å². The molecule has 0 saturated carbocycles. The Kier molecular flexibility index (Phi) is 8.08. The van der Waals surface area contributed by atoms with Gasteiger partial charge in [0.05, 0.1) is 32.7 Å². The Balaban J connectivity index is 1.59. The smallest absolute Gasteiger partial charge is 0.257 e. The molecule has 1 aliphatic heterocycles. The van der Waals surface area contributed by atoms with Crippen LogP contribution in [0.3, 0.4) is 0 Å². The summed E-state index contributed by atoms with van der Waals surface area (Å²) in [5, 5.41) is 0.549. The number of carbonyl (C=O) groups excluding carboxylic acids is 3. The molecular formula is C28H26ClFN2O5. The van der Waals surface area contributed by atoms with Crippen LogP contribution in [-0.4, -0.2) is 49.4 Å². The monoisotopic (exact) mass is 524 g/mol. The van der Waals surface area contributed by atoms with Crippen molar-refractivity contribution in [1.29, 1.82) is 0 Å². The van der Waals surface area contributed by atoms with E-state index in [1.54, 1.807) is 37.4 Å². The van der Waals surface area contributed by atoms with Crippen LogP contribution < -0.4 is 14.4 Å². The van der Waals surface area contributed by atoms with Gasteiger partial charge in [-0.2, -0.15) is 0 Å². The molecule has 1 saturated heterocycles. The van der Waals surface area contributed by atoms with E-state index in [1.165, 1.54) is 36.3 Å². The number of nitrogens with zero attached hydrogens (tertiary/aromatic N) is 2. The molecule has 1 unspecified atom stereocenters. The highest BCUT2D eigenvalue weighted by Gasteiger charge is 2.44. The third-order valence-electron chi connectivity index (χ3n) is 6.26. The first kappa shape index (κ1) is 26.2. The van der Waals surface area contributed by atoms with Crippen LogP contribution in [0.15, 0.2) is 66.7 Å². The molecule has 9 heteroatoms. The number of rotatable bonds is 9. The van der Waals surface area contributed by atoms with Crippen LogP contribution in [0.1, 0.15) is 17.5 Å². The molecule has 0 radical (unpaired) electrons. The summed E-state index contributed by atoms with van der Waals surface area (Å²) in [6, 6.07) is 16.5. The molecule has 1 aliphatic rings. The molecular weight excluding hydrogens is 499 g/mol. The molecule has 0 bridgehead atoms. The molecule has 7 nitrogen and oxygen atoms in total. The SMILES string of the molecule is COc1ccc(CCN(C(=O)Cc2ccc(Cl)cc2)C2CC(=O)N(c3ccc(F)cc3)C2=O)cc1OC. The van der Waals surface area contributed by atoms with Crippen molar-refractivity contribution in [3.8, 4) is 11.5 Å². The van der Waals surface area contributed by atoms with Crippen molar-refractivity contribution in [2.75, 3.05) is 25.7 Å². The lowest BCUT2D eigenvalue weighted by Crippen LogP contribution is -2.47. The minimum absolute atomic E-state index is 0.0393. The Labute approximate surface area is 219 Å². The zero-order chi connectivity index (χ0) is 26.5. The summed E-state index contributed by atoms with van der Waals surface area (Å²) in [6.07, 6.45) is 0.299. The van der Waals surface area contributed by atoms with Gasteiger partial charge >= 0.3 is 0 Å². The summed E-state index contributed by atoms with van der Waals surface area (Å²) < 4.78 is 24.1. The molecule has 0 aromatic heterocycles. The number of methoxy groups -OCH3 is 2. The van der Waals surface area contributed by atoms with E-state index in [2.05, 4.69) is 0 Å². The summed E-state index contributed by atoms with van der Waals surface area (Å²) in [5.41, 5.74) is 1.87. The summed E-state index contributed by atoms with van der Waals surface area (Å²) in [5.74, 6) is -0.614. The first-order chi connectivity index (χ1) is 17.8. The quantitative estimate of drug-likeness (QED) is 0.387. The zero-order valence-corrected chi connectivity index (χ0v) is 21.2. The van der Waals surface area contributed by atoms with Crippen LogP contribution >= 0.6 is 11.6 Å². The van der Waals surface area contributed by atoms with Gasteiger partial charge < -0.3 is 14.4 Å². The second-order valence-electron chi connectivity index (χ2n) is 8.59. The van der Waals surface area contributed by atoms with Gasteiger partial charge in [0.1, 0.15) is 11.9 Å². The van der Waals surface area contributed by atoms with Gasteiger partial charge in [0.2, 0.25) is 11.8 Å². The fraction of sp³-hybridized carbons (Fsp3) is 0.250. The third kappa shape index (κ3) is 5.91. The average Bonchev–Trinajstić information content (AvgIpc) is 3.19. The van der Waals surface area contributed by atoms with Crippen molar-refractivity contribution in [3.05, 3.63) is 88.7 Å². The van der Waals surface area contributed by atoms with E-state index in [9.17, 15) is 18.8 Å². The van der Waals surface area contributed by atoms with Crippen LogP contribution in [0.5, 0.6) is 11.5 Å². The Hall–Kier alpha value is -3.91. The number of halogens is 2. The molecule has 3 amide bonds. The molecule has 0 aliphatic carbocycles. The lowest BCUT2D eigenvalue weighted by Gasteiger charge is -2.28. The normalized spacial score (nSPS) is 15.1. The van der Waals surface area contributed by atoms with Gasteiger partial charge in [-0.1, -0.05) is 29.8 Å². The second-order valence-corrected chi connectivity index (χ2v) is 9.03. The molecule has 4 rings (SSSR count). The van der Waals surface area contributed by atoms with Gasteiger partial charge in [0.25, 0.3) is 5.91 Å². The number of benzene rings is 3. The molecule has 37 heavy (non-hydrogen) atoms. The molecule has 1 atom stereocenters. The third-order valence-corrected chi connectivity index (χ3v) is 6.51. The van der Waals surface area contributed by atoms with Crippen molar-refractivity contribution in [1.82, 2.24) is 4.90 Å². The first-order valence-electron chi connectivity index (χ1n) is 11.7. The summed E-state index contributed by atoms with van der Waals surface area (Å²) >= 11 is 5.97. The van der Waals surface area contributed by atoms with Gasteiger partial charge in [-0.3, -0.25) is 14.4 Å². The van der Waals surface area contributed by atoms with E-state index in [0.717, 1.165) is 16.0 Å². The number of carbonyl (C=O) groups is 3. The largest absolute Gasteiger partial charge is 0.493 e.